The molecule has 9 heteroatoms. The molecule has 2 aromatic rings. The second-order valence-corrected chi connectivity index (χ2v) is 7.72. The maximum absolute atomic E-state index is 11.7. The lowest BCUT2D eigenvalue weighted by molar-refractivity contribution is -0.138. The first-order valence-electron chi connectivity index (χ1n) is 9.11. The van der Waals surface area contributed by atoms with Crippen LogP contribution in [0.2, 0.25) is 0 Å². The minimum atomic E-state index is -1.04. The van der Waals surface area contributed by atoms with Crippen molar-refractivity contribution in [1.29, 1.82) is 0 Å². The SMILES string of the molecule is COc1ccc(C=NN=C2NC(=O)C(CC(=O)O)S2)cc1OCc1cccc(C)c1. The van der Waals surface area contributed by atoms with Crippen molar-refractivity contribution in [3.8, 4) is 11.5 Å². The highest BCUT2D eigenvalue weighted by molar-refractivity contribution is 8.15. The van der Waals surface area contributed by atoms with E-state index >= 15 is 0 Å². The second kappa shape index (κ2) is 9.93. The summed E-state index contributed by atoms with van der Waals surface area (Å²) >= 11 is 1.05. The number of amidine groups is 1. The van der Waals surface area contributed by atoms with Gasteiger partial charge in [0.25, 0.3) is 0 Å². The molecule has 156 valence electrons. The van der Waals surface area contributed by atoms with Gasteiger partial charge in [-0.2, -0.15) is 5.10 Å². The molecule has 0 radical (unpaired) electrons. The Bertz CT molecular complexity index is 1010. The van der Waals surface area contributed by atoms with Crippen LogP contribution in [-0.2, 0) is 16.2 Å². The summed E-state index contributed by atoms with van der Waals surface area (Å²) in [7, 11) is 1.57. The molecule has 1 heterocycles. The van der Waals surface area contributed by atoms with E-state index < -0.39 is 11.2 Å². The van der Waals surface area contributed by atoms with E-state index in [1.165, 1.54) is 6.21 Å². The topological polar surface area (TPSA) is 110 Å². The molecule has 3 rings (SSSR count). The minimum absolute atomic E-state index is 0.265. The summed E-state index contributed by atoms with van der Waals surface area (Å²) in [6.45, 7) is 2.42. The van der Waals surface area contributed by atoms with Crippen molar-refractivity contribution in [1.82, 2.24) is 5.32 Å². The maximum atomic E-state index is 11.7. The third kappa shape index (κ3) is 5.84. The van der Waals surface area contributed by atoms with Gasteiger partial charge in [-0.15, -0.1) is 5.10 Å². The Morgan fingerprint density at radius 2 is 2.10 bits per heavy atom. The number of carbonyl (C=O) groups excluding carboxylic acids is 1. The zero-order valence-electron chi connectivity index (χ0n) is 16.5. The van der Waals surface area contributed by atoms with Gasteiger partial charge in [-0.05, 0) is 36.2 Å². The Kier molecular flexibility index (Phi) is 7.08. The van der Waals surface area contributed by atoms with Gasteiger partial charge < -0.3 is 19.9 Å². The molecule has 1 saturated heterocycles. The zero-order chi connectivity index (χ0) is 21.5. The number of hydrogen-bond donors (Lipinski definition) is 2. The molecule has 0 aliphatic carbocycles. The van der Waals surface area contributed by atoms with Crippen molar-refractivity contribution in [2.75, 3.05) is 7.11 Å². The van der Waals surface area contributed by atoms with E-state index in [4.69, 9.17) is 14.6 Å². The average molecular weight is 427 g/mol. The molecule has 1 amide bonds. The second-order valence-electron chi connectivity index (χ2n) is 6.53. The van der Waals surface area contributed by atoms with Crippen molar-refractivity contribution in [2.24, 2.45) is 10.2 Å². The standard InChI is InChI=1S/C21H21N3O5S/c1-13-4-3-5-15(8-13)12-29-17-9-14(6-7-16(17)28-2)11-22-24-21-23-20(27)18(30-21)10-19(25)26/h3-9,11,18H,10,12H2,1-2H3,(H,25,26)(H,23,24,27). The highest BCUT2D eigenvalue weighted by Gasteiger charge is 2.32. The number of aliphatic carboxylic acids is 1. The normalized spacial score (nSPS) is 17.3. The van der Waals surface area contributed by atoms with E-state index in [1.807, 2.05) is 25.1 Å². The number of amides is 1. The molecule has 1 fully saturated rings. The van der Waals surface area contributed by atoms with Crippen molar-refractivity contribution in [3.63, 3.8) is 0 Å². The first-order valence-corrected chi connectivity index (χ1v) is 9.99. The predicted octanol–water partition coefficient (Wildman–Crippen LogP) is 2.98. The molecule has 30 heavy (non-hydrogen) atoms. The lowest BCUT2D eigenvalue weighted by atomic mass is 10.1. The van der Waals surface area contributed by atoms with Gasteiger partial charge in [0.15, 0.2) is 16.7 Å². The highest BCUT2D eigenvalue weighted by atomic mass is 32.2. The van der Waals surface area contributed by atoms with E-state index in [2.05, 4.69) is 21.6 Å². The molecule has 1 aliphatic rings. The lowest BCUT2D eigenvalue weighted by Gasteiger charge is -2.11. The molecule has 0 spiro atoms. The summed E-state index contributed by atoms with van der Waals surface area (Å²) in [6.07, 6.45) is 1.25. The molecular formula is C21H21N3O5S. The van der Waals surface area contributed by atoms with Crippen LogP contribution in [0.15, 0.2) is 52.7 Å². The highest BCUT2D eigenvalue weighted by Crippen LogP contribution is 2.28. The Balaban J connectivity index is 1.67. The zero-order valence-corrected chi connectivity index (χ0v) is 17.3. The third-order valence-corrected chi connectivity index (χ3v) is 5.23. The third-order valence-electron chi connectivity index (χ3n) is 4.16. The Labute approximate surface area is 178 Å². The van der Waals surface area contributed by atoms with Gasteiger partial charge in [0, 0.05) is 0 Å². The van der Waals surface area contributed by atoms with Crippen LogP contribution in [-0.4, -0.2) is 40.7 Å². The molecular weight excluding hydrogens is 406 g/mol. The first-order chi connectivity index (χ1) is 14.4. The Hall–Kier alpha value is -3.33. The minimum Gasteiger partial charge on any atom is -0.493 e. The van der Waals surface area contributed by atoms with Crippen LogP contribution in [0.1, 0.15) is 23.1 Å². The molecule has 0 saturated carbocycles. The number of rotatable bonds is 8. The van der Waals surface area contributed by atoms with Gasteiger partial charge in [0.2, 0.25) is 5.91 Å². The number of aryl methyl sites for hydroxylation is 1. The number of carboxylic acids is 1. The fraction of sp³-hybridized carbons (Fsp3) is 0.238. The van der Waals surface area contributed by atoms with Crippen LogP contribution in [0.25, 0.3) is 0 Å². The summed E-state index contributed by atoms with van der Waals surface area (Å²) in [5.41, 5.74) is 2.94. The van der Waals surface area contributed by atoms with E-state index in [0.717, 1.165) is 28.5 Å². The van der Waals surface area contributed by atoms with Gasteiger partial charge in [-0.3, -0.25) is 9.59 Å². The van der Waals surface area contributed by atoms with Gasteiger partial charge in [-0.1, -0.05) is 41.6 Å². The molecule has 1 aliphatic heterocycles. The van der Waals surface area contributed by atoms with Crippen LogP contribution < -0.4 is 14.8 Å². The van der Waals surface area contributed by atoms with E-state index in [9.17, 15) is 9.59 Å². The van der Waals surface area contributed by atoms with Crippen molar-refractivity contribution >= 4 is 35.0 Å². The van der Waals surface area contributed by atoms with Crippen LogP contribution in [0.4, 0.5) is 0 Å². The van der Waals surface area contributed by atoms with Crippen LogP contribution in [0.5, 0.6) is 11.5 Å². The van der Waals surface area contributed by atoms with E-state index in [-0.39, 0.29) is 17.5 Å². The van der Waals surface area contributed by atoms with Crippen molar-refractivity contribution < 1.29 is 24.2 Å². The Morgan fingerprint density at radius 1 is 1.27 bits per heavy atom. The van der Waals surface area contributed by atoms with Gasteiger partial charge in [0.1, 0.15) is 11.9 Å². The number of nitrogens with zero attached hydrogens (tertiary/aromatic N) is 2. The number of methoxy groups -OCH3 is 1. The fourth-order valence-electron chi connectivity index (χ4n) is 2.74. The summed E-state index contributed by atoms with van der Waals surface area (Å²) in [5.74, 6) is -0.252. The molecule has 0 bridgehead atoms. The molecule has 2 N–H and O–H groups in total. The smallest absolute Gasteiger partial charge is 0.305 e. The number of carbonyl (C=O) groups is 2. The van der Waals surface area contributed by atoms with Crippen LogP contribution in [0, 0.1) is 6.92 Å². The number of thioether (sulfide) groups is 1. The largest absolute Gasteiger partial charge is 0.493 e. The molecule has 1 unspecified atom stereocenters. The maximum Gasteiger partial charge on any atom is 0.305 e. The number of nitrogens with one attached hydrogen (secondary N) is 1. The Morgan fingerprint density at radius 3 is 2.83 bits per heavy atom. The molecule has 2 aromatic carbocycles. The van der Waals surface area contributed by atoms with Crippen LogP contribution in [0.3, 0.4) is 0 Å². The molecule has 0 aromatic heterocycles. The summed E-state index contributed by atoms with van der Waals surface area (Å²) in [4.78, 5) is 22.5. The average Bonchev–Trinajstić information content (AvgIpc) is 3.05. The number of ether oxygens (including phenoxy) is 2. The summed E-state index contributed by atoms with van der Waals surface area (Å²) < 4.78 is 11.3. The lowest BCUT2D eigenvalue weighted by Crippen LogP contribution is -2.26. The van der Waals surface area contributed by atoms with Gasteiger partial charge in [0.05, 0.1) is 19.7 Å². The van der Waals surface area contributed by atoms with Crippen molar-refractivity contribution in [3.05, 3.63) is 59.2 Å². The summed E-state index contributed by atoms with van der Waals surface area (Å²) in [5, 5.41) is 18.8. The predicted molar refractivity (Wildman–Crippen MR) is 115 cm³/mol. The molecule has 8 nitrogen and oxygen atoms in total. The van der Waals surface area contributed by atoms with E-state index in [1.54, 1.807) is 25.3 Å². The quantitative estimate of drug-likeness (QED) is 0.495. The van der Waals surface area contributed by atoms with E-state index in [0.29, 0.717) is 18.1 Å². The number of hydrogen-bond acceptors (Lipinski definition) is 7. The van der Waals surface area contributed by atoms with Gasteiger partial charge >= 0.3 is 5.97 Å². The number of benzene rings is 2. The van der Waals surface area contributed by atoms with Gasteiger partial charge in [-0.25, -0.2) is 0 Å². The fourth-order valence-corrected chi connectivity index (χ4v) is 3.66. The molecule has 1 atom stereocenters. The monoisotopic (exact) mass is 427 g/mol. The van der Waals surface area contributed by atoms with Crippen LogP contribution >= 0.6 is 11.8 Å². The summed E-state index contributed by atoms with van der Waals surface area (Å²) in [6, 6.07) is 13.4. The van der Waals surface area contributed by atoms with Crippen molar-refractivity contribution in [2.45, 2.75) is 25.2 Å². The first kappa shape index (κ1) is 21.4. The number of carboxylic acid groups (broad SMARTS) is 1.